The lowest BCUT2D eigenvalue weighted by Crippen LogP contribution is -2.53. The molecule has 0 aromatic heterocycles. The summed E-state index contributed by atoms with van der Waals surface area (Å²) >= 11 is 0. The molecule has 3 aromatic rings. The minimum Gasteiger partial charge on any atom is -0.476 e. The second-order valence-electron chi connectivity index (χ2n) is 8.07. The van der Waals surface area contributed by atoms with Crippen molar-refractivity contribution in [1.82, 2.24) is 0 Å². The highest BCUT2D eigenvalue weighted by atomic mass is 32.2. The smallest absolute Gasteiger partial charge is 0.269 e. The molecule has 0 unspecified atom stereocenters. The minimum absolute atomic E-state index is 0.0519. The van der Waals surface area contributed by atoms with Crippen LogP contribution in [0.5, 0.6) is 5.75 Å². The monoisotopic (exact) mass is 448 g/mol. The molecule has 1 atom stereocenters. The van der Waals surface area contributed by atoms with Crippen LogP contribution in [0.15, 0.2) is 78.9 Å². The number of rotatable bonds is 4. The number of para-hydroxylation sites is 3. The fraction of sp³-hybridized carbons (Fsp3) is 0.240. The molecule has 0 fully saturated rings. The van der Waals surface area contributed by atoms with Crippen molar-refractivity contribution >= 4 is 27.3 Å². The standard InChI is InChI=1S/C25H24N2O4S/c28-25(26-16-8-12-20-11-4-5-13-21(20)26)24-17-27(22-14-6-7-15-23(22)31-24)32(29,30)18-19-9-2-1-3-10-19/h1-7,9-11,13-15,24H,8,12,16-18H2/t24-/m0/s1. The number of fused-ring (bicyclic) bond motifs is 2. The number of benzene rings is 3. The molecule has 2 aliphatic heterocycles. The number of sulfonamides is 1. The molecule has 0 aliphatic carbocycles. The van der Waals surface area contributed by atoms with E-state index >= 15 is 0 Å². The molecule has 0 saturated carbocycles. The van der Waals surface area contributed by atoms with Crippen LogP contribution in [0.25, 0.3) is 0 Å². The van der Waals surface area contributed by atoms with Gasteiger partial charge >= 0.3 is 0 Å². The van der Waals surface area contributed by atoms with Gasteiger partial charge in [0.05, 0.1) is 18.0 Å². The normalized spacial score (nSPS) is 17.8. The summed E-state index contributed by atoms with van der Waals surface area (Å²) in [5.41, 5.74) is 3.16. The third kappa shape index (κ3) is 3.84. The first kappa shape index (κ1) is 20.6. The van der Waals surface area contributed by atoms with Crippen LogP contribution in [0.1, 0.15) is 17.5 Å². The van der Waals surface area contributed by atoms with Gasteiger partial charge in [-0.25, -0.2) is 8.42 Å². The Morgan fingerprint density at radius 1 is 0.906 bits per heavy atom. The average molecular weight is 449 g/mol. The van der Waals surface area contributed by atoms with Crippen molar-refractivity contribution in [2.75, 3.05) is 22.3 Å². The number of anilines is 2. The molecule has 0 spiro atoms. The zero-order valence-corrected chi connectivity index (χ0v) is 18.4. The van der Waals surface area contributed by atoms with Crippen LogP contribution in [-0.2, 0) is 27.0 Å². The molecule has 2 aliphatic rings. The van der Waals surface area contributed by atoms with Gasteiger partial charge in [-0.2, -0.15) is 0 Å². The second-order valence-corrected chi connectivity index (χ2v) is 9.96. The summed E-state index contributed by atoms with van der Waals surface area (Å²) in [5.74, 6) is 0.0425. The molecule has 5 rings (SSSR count). The van der Waals surface area contributed by atoms with Crippen molar-refractivity contribution in [3.05, 3.63) is 90.0 Å². The van der Waals surface area contributed by atoms with Crippen LogP contribution in [0.2, 0.25) is 0 Å². The quantitative estimate of drug-likeness (QED) is 0.610. The van der Waals surface area contributed by atoms with E-state index in [4.69, 9.17) is 4.74 Å². The number of nitrogens with zero attached hydrogens (tertiary/aromatic N) is 2. The van der Waals surface area contributed by atoms with Crippen LogP contribution in [0.4, 0.5) is 11.4 Å². The number of carbonyl (C=O) groups is 1. The first-order chi connectivity index (χ1) is 15.5. The van der Waals surface area contributed by atoms with E-state index in [0.717, 1.165) is 24.1 Å². The molecular weight excluding hydrogens is 424 g/mol. The van der Waals surface area contributed by atoms with Crippen LogP contribution in [-0.4, -0.2) is 33.5 Å². The summed E-state index contributed by atoms with van der Waals surface area (Å²) in [5, 5.41) is 0. The van der Waals surface area contributed by atoms with Crippen molar-refractivity contribution in [2.45, 2.75) is 24.7 Å². The minimum atomic E-state index is -3.72. The zero-order valence-electron chi connectivity index (χ0n) is 17.6. The van der Waals surface area contributed by atoms with Crippen LogP contribution < -0.4 is 13.9 Å². The van der Waals surface area contributed by atoms with Crippen molar-refractivity contribution in [3.63, 3.8) is 0 Å². The SMILES string of the molecule is O=C([C@@H]1CN(S(=O)(=O)Cc2ccccc2)c2ccccc2O1)N1CCCc2ccccc21. The Balaban J connectivity index is 1.47. The zero-order chi connectivity index (χ0) is 22.1. The summed E-state index contributed by atoms with van der Waals surface area (Å²) in [6.45, 7) is 0.539. The molecule has 32 heavy (non-hydrogen) atoms. The van der Waals surface area contributed by atoms with E-state index < -0.39 is 16.1 Å². The number of hydrogen-bond acceptors (Lipinski definition) is 4. The van der Waals surface area contributed by atoms with E-state index in [2.05, 4.69) is 0 Å². The van der Waals surface area contributed by atoms with Crippen LogP contribution >= 0.6 is 0 Å². The Bertz CT molecular complexity index is 1240. The molecular formula is C25H24N2O4S. The van der Waals surface area contributed by atoms with Gasteiger partial charge in [0.1, 0.15) is 5.75 Å². The summed E-state index contributed by atoms with van der Waals surface area (Å²) in [7, 11) is -3.72. The summed E-state index contributed by atoms with van der Waals surface area (Å²) in [6.07, 6.45) is 0.871. The predicted octanol–water partition coefficient (Wildman–Crippen LogP) is 3.76. The molecule has 6 nitrogen and oxygen atoms in total. The number of carbonyl (C=O) groups excluding carboxylic acids is 1. The Labute approximate surface area is 188 Å². The molecule has 164 valence electrons. The molecule has 0 N–H and O–H groups in total. The van der Waals surface area contributed by atoms with Gasteiger partial charge in [0.2, 0.25) is 10.0 Å². The lowest BCUT2D eigenvalue weighted by atomic mass is 10.0. The number of aryl methyl sites for hydroxylation is 1. The second kappa shape index (κ2) is 8.31. The molecule has 7 heteroatoms. The fourth-order valence-corrected chi connectivity index (χ4v) is 5.98. The van der Waals surface area contributed by atoms with E-state index in [1.54, 1.807) is 41.3 Å². The third-order valence-corrected chi connectivity index (χ3v) is 7.63. The lowest BCUT2D eigenvalue weighted by Gasteiger charge is -2.38. The summed E-state index contributed by atoms with van der Waals surface area (Å²) < 4.78 is 34.2. The molecule has 1 amide bonds. The van der Waals surface area contributed by atoms with Gasteiger partial charge < -0.3 is 9.64 Å². The molecule has 0 bridgehead atoms. The summed E-state index contributed by atoms with van der Waals surface area (Å²) in [6, 6.07) is 23.9. The van der Waals surface area contributed by atoms with Gasteiger partial charge in [-0.3, -0.25) is 9.10 Å². The third-order valence-electron chi connectivity index (χ3n) is 5.91. The van der Waals surface area contributed by atoms with E-state index in [-0.39, 0.29) is 18.2 Å². The number of ether oxygens (including phenoxy) is 1. The van der Waals surface area contributed by atoms with Gasteiger partial charge in [-0.05, 0) is 42.2 Å². The topological polar surface area (TPSA) is 66.9 Å². The van der Waals surface area contributed by atoms with E-state index in [9.17, 15) is 13.2 Å². The maximum atomic E-state index is 13.5. The first-order valence-electron chi connectivity index (χ1n) is 10.7. The van der Waals surface area contributed by atoms with E-state index in [1.165, 1.54) is 4.31 Å². The van der Waals surface area contributed by atoms with Crippen molar-refractivity contribution in [3.8, 4) is 5.75 Å². The molecule has 0 radical (unpaired) electrons. The Hall–Kier alpha value is -3.32. The average Bonchev–Trinajstić information content (AvgIpc) is 2.83. The van der Waals surface area contributed by atoms with Crippen LogP contribution in [0, 0.1) is 0 Å². The largest absolute Gasteiger partial charge is 0.476 e. The van der Waals surface area contributed by atoms with Crippen molar-refractivity contribution in [1.29, 1.82) is 0 Å². The fourth-order valence-electron chi connectivity index (χ4n) is 4.39. The number of amides is 1. The maximum absolute atomic E-state index is 13.5. The van der Waals surface area contributed by atoms with Gasteiger partial charge in [0.25, 0.3) is 5.91 Å². The van der Waals surface area contributed by atoms with E-state index in [0.29, 0.717) is 23.5 Å². The lowest BCUT2D eigenvalue weighted by molar-refractivity contribution is -0.125. The maximum Gasteiger partial charge on any atom is 0.269 e. The Morgan fingerprint density at radius 2 is 1.59 bits per heavy atom. The van der Waals surface area contributed by atoms with Gasteiger partial charge in [-0.15, -0.1) is 0 Å². The van der Waals surface area contributed by atoms with Gasteiger partial charge in [0, 0.05) is 12.2 Å². The summed E-state index contributed by atoms with van der Waals surface area (Å²) in [4.78, 5) is 15.3. The molecule has 0 saturated heterocycles. The molecule has 2 heterocycles. The molecule has 3 aromatic carbocycles. The van der Waals surface area contributed by atoms with Crippen LogP contribution in [0.3, 0.4) is 0 Å². The highest BCUT2D eigenvalue weighted by molar-refractivity contribution is 7.92. The predicted molar refractivity (Wildman–Crippen MR) is 124 cm³/mol. The van der Waals surface area contributed by atoms with Crippen molar-refractivity contribution < 1.29 is 17.9 Å². The number of hydrogen-bond donors (Lipinski definition) is 0. The Morgan fingerprint density at radius 3 is 2.41 bits per heavy atom. The van der Waals surface area contributed by atoms with Gasteiger partial charge in [-0.1, -0.05) is 60.7 Å². The highest BCUT2D eigenvalue weighted by Gasteiger charge is 2.39. The van der Waals surface area contributed by atoms with Gasteiger partial charge in [0.15, 0.2) is 6.10 Å². The first-order valence-corrected chi connectivity index (χ1v) is 12.3. The highest BCUT2D eigenvalue weighted by Crippen LogP contribution is 2.37. The Kier molecular flexibility index (Phi) is 5.35. The van der Waals surface area contributed by atoms with E-state index in [1.807, 2.05) is 42.5 Å². The van der Waals surface area contributed by atoms with Crippen molar-refractivity contribution in [2.24, 2.45) is 0 Å².